The second kappa shape index (κ2) is 12.7. The zero-order valence-electron chi connectivity index (χ0n) is 16.5. The van der Waals surface area contributed by atoms with Crippen LogP contribution in [-0.4, -0.2) is 54.8 Å². The standard InChI is InChI=1S/C17H32N6O5/c1-3-4-5-7-12(24)17(15(27)28-2,8-6-9-22-16(20)21)23-14(26)11(18)10-13(19)25/h11H,3-10,18H2,1-2H3,(H2,19,25)(H,23,26)(H4,20,21,22)/t11-,17+/m0/s1. The quantitative estimate of drug-likeness (QED) is 0.0754. The van der Waals surface area contributed by atoms with Crippen LogP contribution in [0, 0.1) is 0 Å². The van der Waals surface area contributed by atoms with Crippen LogP contribution in [0.25, 0.3) is 0 Å². The van der Waals surface area contributed by atoms with Crippen LogP contribution in [-0.2, 0) is 23.9 Å². The number of nitrogens with two attached hydrogens (primary N) is 4. The number of nitrogens with zero attached hydrogens (tertiary/aromatic N) is 1. The van der Waals surface area contributed by atoms with Crippen LogP contribution in [0.3, 0.4) is 0 Å². The minimum atomic E-state index is -1.94. The number of nitrogens with one attached hydrogen (secondary N) is 1. The smallest absolute Gasteiger partial charge is 0.339 e. The van der Waals surface area contributed by atoms with Crippen molar-refractivity contribution in [3.8, 4) is 0 Å². The van der Waals surface area contributed by atoms with Crippen LogP contribution in [0.2, 0.25) is 0 Å². The van der Waals surface area contributed by atoms with Gasteiger partial charge in [0.1, 0.15) is 0 Å². The molecule has 11 heteroatoms. The number of rotatable bonds is 14. The van der Waals surface area contributed by atoms with Crippen LogP contribution in [0.1, 0.15) is 51.9 Å². The molecule has 0 heterocycles. The molecule has 0 rings (SSSR count). The van der Waals surface area contributed by atoms with Gasteiger partial charge in [-0.15, -0.1) is 0 Å². The number of primary amides is 1. The van der Waals surface area contributed by atoms with Crippen LogP contribution in [0.15, 0.2) is 4.99 Å². The molecular weight excluding hydrogens is 368 g/mol. The van der Waals surface area contributed by atoms with E-state index >= 15 is 0 Å². The summed E-state index contributed by atoms with van der Waals surface area (Å²) in [5, 5.41) is 2.39. The number of carbonyl (C=O) groups is 4. The summed E-state index contributed by atoms with van der Waals surface area (Å²) >= 11 is 0. The first kappa shape index (κ1) is 25.3. The number of ether oxygens (including phenoxy) is 1. The van der Waals surface area contributed by atoms with Gasteiger partial charge in [-0.3, -0.25) is 19.4 Å². The molecule has 0 saturated carbocycles. The van der Waals surface area contributed by atoms with E-state index in [1.54, 1.807) is 0 Å². The van der Waals surface area contributed by atoms with E-state index in [1.807, 2.05) is 6.92 Å². The van der Waals surface area contributed by atoms with Crippen molar-refractivity contribution in [1.29, 1.82) is 0 Å². The molecule has 0 aliphatic carbocycles. The summed E-state index contributed by atoms with van der Waals surface area (Å²) in [4.78, 5) is 52.7. The molecule has 0 aliphatic heterocycles. The summed E-state index contributed by atoms with van der Waals surface area (Å²) in [5.41, 5.74) is 19.3. The lowest BCUT2D eigenvalue weighted by Gasteiger charge is -2.31. The highest BCUT2D eigenvalue weighted by Crippen LogP contribution is 2.21. The van der Waals surface area contributed by atoms with E-state index in [0.29, 0.717) is 6.42 Å². The third-order valence-corrected chi connectivity index (χ3v) is 4.12. The maximum atomic E-state index is 12.9. The van der Waals surface area contributed by atoms with Crippen LogP contribution in [0.4, 0.5) is 0 Å². The van der Waals surface area contributed by atoms with Gasteiger partial charge in [-0.1, -0.05) is 19.8 Å². The van der Waals surface area contributed by atoms with Gasteiger partial charge in [-0.05, 0) is 19.3 Å². The van der Waals surface area contributed by atoms with Gasteiger partial charge < -0.3 is 33.0 Å². The largest absolute Gasteiger partial charge is 0.467 e. The molecule has 0 aliphatic rings. The first-order valence-electron chi connectivity index (χ1n) is 9.13. The Morgan fingerprint density at radius 1 is 1.11 bits per heavy atom. The van der Waals surface area contributed by atoms with Crippen LogP contribution >= 0.6 is 0 Å². The number of methoxy groups -OCH3 is 1. The molecule has 0 fully saturated rings. The lowest BCUT2D eigenvalue weighted by atomic mass is 9.85. The molecule has 2 atom stereocenters. The molecule has 28 heavy (non-hydrogen) atoms. The number of hydrogen-bond donors (Lipinski definition) is 5. The third kappa shape index (κ3) is 8.33. The number of amides is 2. The summed E-state index contributed by atoms with van der Waals surface area (Å²) in [6.45, 7) is 2.12. The number of esters is 1. The third-order valence-electron chi connectivity index (χ3n) is 4.12. The summed E-state index contributed by atoms with van der Waals surface area (Å²) in [6, 6.07) is -1.30. The van der Waals surface area contributed by atoms with Crippen LogP contribution in [0.5, 0.6) is 0 Å². The Labute approximate surface area is 164 Å². The normalized spacial score (nSPS) is 13.7. The van der Waals surface area contributed by atoms with Gasteiger partial charge >= 0.3 is 5.97 Å². The Morgan fingerprint density at radius 3 is 2.25 bits per heavy atom. The number of hydrogen-bond acceptors (Lipinski definition) is 7. The highest BCUT2D eigenvalue weighted by atomic mass is 16.5. The van der Waals surface area contributed by atoms with Gasteiger partial charge in [0, 0.05) is 13.0 Å². The van der Waals surface area contributed by atoms with Crippen molar-refractivity contribution >= 4 is 29.5 Å². The summed E-state index contributed by atoms with van der Waals surface area (Å²) in [6.07, 6.45) is 1.97. The maximum absolute atomic E-state index is 12.9. The summed E-state index contributed by atoms with van der Waals surface area (Å²) in [7, 11) is 1.11. The molecular formula is C17H32N6O5. The minimum absolute atomic E-state index is 0.0660. The number of aliphatic imine (C=N–C) groups is 1. The second-order valence-corrected chi connectivity index (χ2v) is 6.45. The average Bonchev–Trinajstić information content (AvgIpc) is 2.62. The van der Waals surface area contributed by atoms with Crippen molar-refractivity contribution < 1.29 is 23.9 Å². The highest BCUT2D eigenvalue weighted by Gasteiger charge is 2.47. The summed E-state index contributed by atoms with van der Waals surface area (Å²) in [5.74, 6) is -3.19. The Balaban J connectivity index is 5.64. The molecule has 11 nitrogen and oxygen atoms in total. The second-order valence-electron chi connectivity index (χ2n) is 6.45. The fourth-order valence-corrected chi connectivity index (χ4v) is 2.63. The predicted octanol–water partition coefficient (Wildman–Crippen LogP) is -1.58. The Hall–Kier alpha value is -2.69. The molecule has 0 saturated heterocycles. The number of guanidine groups is 1. The Bertz CT molecular complexity index is 591. The minimum Gasteiger partial charge on any atom is -0.467 e. The fraction of sp³-hybridized carbons (Fsp3) is 0.706. The number of unbranched alkanes of at least 4 members (excludes halogenated alkanes) is 2. The van der Waals surface area contributed by atoms with E-state index in [4.69, 9.17) is 27.7 Å². The molecule has 0 bridgehead atoms. The van der Waals surface area contributed by atoms with Crippen molar-refractivity contribution in [3.63, 3.8) is 0 Å². The number of carbonyl (C=O) groups excluding carboxylic acids is 4. The fourth-order valence-electron chi connectivity index (χ4n) is 2.63. The van der Waals surface area contributed by atoms with Crippen LogP contribution < -0.4 is 28.3 Å². The highest BCUT2D eigenvalue weighted by molar-refractivity contribution is 6.11. The molecule has 0 radical (unpaired) electrons. The van der Waals surface area contributed by atoms with Crippen molar-refractivity contribution in [2.75, 3.05) is 13.7 Å². The molecule has 0 aromatic carbocycles. The van der Waals surface area contributed by atoms with Gasteiger partial charge in [-0.2, -0.15) is 0 Å². The molecule has 9 N–H and O–H groups in total. The monoisotopic (exact) mass is 400 g/mol. The molecule has 0 unspecified atom stereocenters. The molecule has 0 spiro atoms. The van der Waals surface area contributed by atoms with E-state index in [0.717, 1.165) is 20.0 Å². The van der Waals surface area contributed by atoms with E-state index in [1.165, 1.54) is 0 Å². The first-order valence-corrected chi connectivity index (χ1v) is 9.13. The molecule has 0 aromatic heterocycles. The maximum Gasteiger partial charge on any atom is 0.339 e. The van der Waals surface area contributed by atoms with E-state index < -0.39 is 41.6 Å². The van der Waals surface area contributed by atoms with Gasteiger partial charge in [0.15, 0.2) is 17.3 Å². The van der Waals surface area contributed by atoms with E-state index in [9.17, 15) is 19.2 Å². The average molecular weight is 400 g/mol. The van der Waals surface area contributed by atoms with Gasteiger partial charge in [0.2, 0.25) is 11.8 Å². The number of ketones is 1. The van der Waals surface area contributed by atoms with Crippen molar-refractivity contribution in [1.82, 2.24) is 5.32 Å². The SMILES string of the molecule is CCCCCC(=O)[C@@](CCCN=C(N)N)(NC(=O)[C@@H](N)CC(N)=O)C(=O)OC. The van der Waals surface area contributed by atoms with E-state index in [-0.39, 0.29) is 31.8 Å². The molecule has 2 amide bonds. The topological polar surface area (TPSA) is 206 Å². The van der Waals surface area contributed by atoms with Gasteiger partial charge in [0.25, 0.3) is 0 Å². The van der Waals surface area contributed by atoms with E-state index in [2.05, 4.69) is 10.3 Å². The lowest BCUT2D eigenvalue weighted by Crippen LogP contribution is -2.63. The van der Waals surface area contributed by atoms with Crippen molar-refractivity contribution in [2.24, 2.45) is 27.9 Å². The molecule has 0 aromatic rings. The number of Topliss-reactive ketones (excluding diaryl/α,β-unsaturated/α-hetero) is 1. The van der Waals surface area contributed by atoms with Gasteiger partial charge in [-0.25, -0.2) is 4.79 Å². The summed E-state index contributed by atoms with van der Waals surface area (Å²) < 4.78 is 4.79. The zero-order valence-corrected chi connectivity index (χ0v) is 16.5. The van der Waals surface area contributed by atoms with Crippen molar-refractivity contribution in [3.05, 3.63) is 0 Å². The molecule has 160 valence electrons. The Kier molecular flexibility index (Phi) is 11.4. The van der Waals surface area contributed by atoms with Crippen molar-refractivity contribution in [2.45, 2.75) is 63.5 Å². The first-order chi connectivity index (χ1) is 13.1. The zero-order chi connectivity index (χ0) is 21.7. The van der Waals surface area contributed by atoms with Gasteiger partial charge in [0.05, 0.1) is 19.6 Å². The lowest BCUT2D eigenvalue weighted by molar-refractivity contribution is -0.156. The predicted molar refractivity (Wildman–Crippen MR) is 104 cm³/mol. The Morgan fingerprint density at radius 2 is 1.75 bits per heavy atom.